The highest BCUT2D eigenvalue weighted by molar-refractivity contribution is 8.13. The molecule has 84 valence electrons. The summed E-state index contributed by atoms with van der Waals surface area (Å²) < 4.78 is 26.9. The smallest absolute Gasteiger partial charge is 0.236 e. The first-order chi connectivity index (χ1) is 6.83. The van der Waals surface area contributed by atoms with Gasteiger partial charge in [0.15, 0.2) is 0 Å². The second kappa shape index (κ2) is 4.60. The fourth-order valence-corrected chi connectivity index (χ4v) is 2.63. The first-order valence-electron chi connectivity index (χ1n) is 4.09. The molecule has 0 bridgehead atoms. The van der Waals surface area contributed by atoms with Crippen LogP contribution in [0.2, 0.25) is 5.02 Å². The van der Waals surface area contributed by atoms with Crippen molar-refractivity contribution in [3.05, 3.63) is 28.3 Å². The Bertz CT molecular complexity index is 468. The van der Waals surface area contributed by atoms with Crippen molar-refractivity contribution in [3.8, 4) is 5.75 Å². The average Bonchev–Trinajstić information content (AvgIpc) is 1.99. The molecule has 1 aromatic carbocycles. The van der Waals surface area contributed by atoms with Gasteiger partial charge < -0.3 is 4.74 Å². The highest BCUT2D eigenvalue weighted by atomic mass is 35.7. The monoisotopic (exact) mass is 268 g/mol. The molecular formula is C9H10Cl2O3S. The molecule has 0 radical (unpaired) electrons. The molecule has 1 rings (SSSR count). The lowest BCUT2D eigenvalue weighted by Crippen LogP contribution is -1.99. The number of halogens is 2. The summed E-state index contributed by atoms with van der Waals surface area (Å²) in [5, 5.41) is 0.382. The Morgan fingerprint density at radius 3 is 2.47 bits per heavy atom. The van der Waals surface area contributed by atoms with Crippen LogP contribution < -0.4 is 4.74 Å². The van der Waals surface area contributed by atoms with Crippen LogP contribution in [0.5, 0.6) is 5.75 Å². The van der Waals surface area contributed by atoms with E-state index in [2.05, 4.69) is 0 Å². The van der Waals surface area contributed by atoms with Crippen molar-refractivity contribution in [2.24, 2.45) is 0 Å². The van der Waals surface area contributed by atoms with Gasteiger partial charge in [-0.2, -0.15) is 0 Å². The number of hydrogen-bond acceptors (Lipinski definition) is 3. The average molecular weight is 269 g/mol. The van der Waals surface area contributed by atoms with Gasteiger partial charge in [0, 0.05) is 16.2 Å². The van der Waals surface area contributed by atoms with E-state index in [0.717, 1.165) is 5.56 Å². The Hall–Kier alpha value is -0.450. The molecular weight excluding hydrogens is 259 g/mol. The van der Waals surface area contributed by atoms with Gasteiger partial charge in [0.25, 0.3) is 0 Å². The standard InChI is InChI=1S/C9H10Cl2O3S/c1-6-3-7(5-15(11,12)13)9(14-2)8(10)4-6/h3-4H,5H2,1-2H3. The van der Waals surface area contributed by atoms with Gasteiger partial charge in [0.05, 0.1) is 17.9 Å². The number of hydrogen-bond donors (Lipinski definition) is 0. The van der Waals surface area contributed by atoms with E-state index in [1.165, 1.54) is 7.11 Å². The molecule has 6 heteroatoms. The van der Waals surface area contributed by atoms with Crippen molar-refractivity contribution in [1.82, 2.24) is 0 Å². The number of rotatable bonds is 3. The predicted octanol–water partition coefficient (Wildman–Crippen LogP) is 2.73. The van der Waals surface area contributed by atoms with Crippen LogP contribution in [0, 0.1) is 6.92 Å². The zero-order valence-electron chi connectivity index (χ0n) is 8.25. The molecule has 1 aromatic rings. The van der Waals surface area contributed by atoms with Gasteiger partial charge in [-0.05, 0) is 18.6 Å². The molecule has 0 unspecified atom stereocenters. The van der Waals surface area contributed by atoms with E-state index in [4.69, 9.17) is 27.0 Å². The second-order valence-corrected chi connectivity index (χ2v) is 6.31. The summed E-state index contributed by atoms with van der Waals surface area (Å²) in [5.74, 6) is 0.0607. The van der Waals surface area contributed by atoms with E-state index in [1.54, 1.807) is 12.1 Å². The van der Waals surface area contributed by atoms with Crippen molar-refractivity contribution in [3.63, 3.8) is 0 Å². The molecule has 0 amide bonds. The van der Waals surface area contributed by atoms with Crippen molar-refractivity contribution in [2.45, 2.75) is 12.7 Å². The van der Waals surface area contributed by atoms with E-state index in [9.17, 15) is 8.42 Å². The third-order valence-electron chi connectivity index (χ3n) is 1.80. The normalized spacial score (nSPS) is 11.5. The highest BCUT2D eigenvalue weighted by Crippen LogP contribution is 2.31. The maximum atomic E-state index is 11.0. The van der Waals surface area contributed by atoms with Gasteiger partial charge >= 0.3 is 0 Å². The maximum Gasteiger partial charge on any atom is 0.236 e. The number of methoxy groups -OCH3 is 1. The Morgan fingerprint density at radius 2 is 2.00 bits per heavy atom. The van der Waals surface area contributed by atoms with Gasteiger partial charge in [0.2, 0.25) is 9.05 Å². The van der Waals surface area contributed by atoms with Crippen LogP contribution in [0.3, 0.4) is 0 Å². The van der Waals surface area contributed by atoms with Gasteiger partial charge in [-0.25, -0.2) is 8.42 Å². The Labute approximate surface area is 98.4 Å². The maximum absolute atomic E-state index is 11.0. The van der Waals surface area contributed by atoms with Gasteiger partial charge in [-0.15, -0.1) is 0 Å². The molecule has 0 aliphatic carbocycles. The molecule has 0 aliphatic rings. The zero-order chi connectivity index (χ0) is 11.6. The minimum atomic E-state index is -3.61. The molecule has 0 aromatic heterocycles. The molecule has 0 saturated carbocycles. The van der Waals surface area contributed by atoms with Gasteiger partial charge in [-0.3, -0.25) is 0 Å². The Balaban J connectivity index is 3.27. The Kier molecular flexibility index (Phi) is 3.87. The molecule has 15 heavy (non-hydrogen) atoms. The van der Waals surface area contributed by atoms with Crippen LogP contribution in [0.25, 0.3) is 0 Å². The minimum Gasteiger partial charge on any atom is -0.495 e. The topological polar surface area (TPSA) is 43.4 Å². The lowest BCUT2D eigenvalue weighted by atomic mass is 10.1. The van der Waals surface area contributed by atoms with Crippen LogP contribution in [-0.2, 0) is 14.8 Å². The first-order valence-corrected chi connectivity index (χ1v) is 6.94. The summed E-state index contributed by atoms with van der Waals surface area (Å²) in [5.41, 5.74) is 1.33. The minimum absolute atomic E-state index is 0.293. The molecule has 0 heterocycles. The van der Waals surface area contributed by atoms with Crippen molar-refractivity contribution >= 4 is 31.3 Å². The summed E-state index contributed by atoms with van der Waals surface area (Å²) in [4.78, 5) is 0. The molecule has 0 saturated heterocycles. The van der Waals surface area contributed by atoms with E-state index < -0.39 is 9.05 Å². The third-order valence-corrected chi connectivity index (χ3v) is 3.06. The molecule has 0 atom stereocenters. The second-order valence-electron chi connectivity index (χ2n) is 3.12. The van der Waals surface area contributed by atoms with Crippen molar-refractivity contribution in [2.75, 3.05) is 7.11 Å². The Morgan fingerprint density at radius 1 is 1.40 bits per heavy atom. The first kappa shape index (κ1) is 12.6. The predicted molar refractivity (Wildman–Crippen MR) is 61.2 cm³/mol. The molecule has 3 nitrogen and oxygen atoms in total. The van der Waals surface area contributed by atoms with Crippen LogP contribution in [-0.4, -0.2) is 15.5 Å². The lowest BCUT2D eigenvalue weighted by Gasteiger charge is -2.10. The highest BCUT2D eigenvalue weighted by Gasteiger charge is 2.15. The molecule has 0 spiro atoms. The van der Waals surface area contributed by atoms with E-state index >= 15 is 0 Å². The summed E-state index contributed by atoms with van der Waals surface area (Å²) in [7, 11) is 3.00. The lowest BCUT2D eigenvalue weighted by molar-refractivity contribution is 0.411. The van der Waals surface area contributed by atoms with Crippen LogP contribution >= 0.6 is 22.3 Å². The van der Waals surface area contributed by atoms with Gasteiger partial charge in [-0.1, -0.05) is 17.7 Å². The molecule has 0 aliphatic heterocycles. The zero-order valence-corrected chi connectivity index (χ0v) is 10.6. The van der Waals surface area contributed by atoms with Crippen LogP contribution in [0.1, 0.15) is 11.1 Å². The number of benzene rings is 1. The summed E-state index contributed by atoms with van der Waals surface area (Å²) >= 11 is 5.90. The summed E-state index contributed by atoms with van der Waals surface area (Å²) in [6.45, 7) is 1.82. The molecule has 0 N–H and O–H groups in total. The molecule has 0 fully saturated rings. The van der Waals surface area contributed by atoms with Gasteiger partial charge in [0.1, 0.15) is 5.75 Å². The van der Waals surface area contributed by atoms with Crippen LogP contribution in [0.15, 0.2) is 12.1 Å². The SMILES string of the molecule is COc1c(Cl)cc(C)cc1CS(=O)(=O)Cl. The van der Waals surface area contributed by atoms with E-state index in [-0.39, 0.29) is 5.75 Å². The van der Waals surface area contributed by atoms with Crippen LogP contribution in [0.4, 0.5) is 0 Å². The summed E-state index contributed by atoms with van der Waals surface area (Å²) in [6.07, 6.45) is 0. The quantitative estimate of drug-likeness (QED) is 0.792. The largest absolute Gasteiger partial charge is 0.495 e. The fourth-order valence-electron chi connectivity index (χ4n) is 1.32. The number of aryl methyl sites for hydroxylation is 1. The van der Waals surface area contributed by atoms with Crippen molar-refractivity contribution in [1.29, 1.82) is 0 Å². The third kappa shape index (κ3) is 3.55. The van der Waals surface area contributed by atoms with E-state index in [1.807, 2.05) is 6.92 Å². The van der Waals surface area contributed by atoms with E-state index in [0.29, 0.717) is 16.3 Å². The van der Waals surface area contributed by atoms with Crippen molar-refractivity contribution < 1.29 is 13.2 Å². The number of ether oxygens (including phenoxy) is 1. The fraction of sp³-hybridized carbons (Fsp3) is 0.333. The summed E-state index contributed by atoms with van der Waals surface area (Å²) in [6, 6.07) is 3.38.